The van der Waals surface area contributed by atoms with Crippen molar-refractivity contribution in [3.05, 3.63) is 0 Å². The zero-order valence-electron chi connectivity index (χ0n) is 33.1. The van der Waals surface area contributed by atoms with Crippen LogP contribution in [0, 0.1) is 5.92 Å². The summed E-state index contributed by atoms with van der Waals surface area (Å²) in [6.45, 7) is 8.89. The number of rotatable bonds is 38. The van der Waals surface area contributed by atoms with Crippen molar-refractivity contribution in [3.8, 4) is 0 Å². The molecule has 49 heavy (non-hydrogen) atoms. The number of unbranched alkanes of at least 4 members (excludes halogenated alkanes) is 25. The third-order valence-electron chi connectivity index (χ3n) is 9.54. The van der Waals surface area contributed by atoms with Crippen molar-refractivity contribution in [3.63, 3.8) is 0 Å². The molecule has 1 atom stereocenters. The molecular weight excluding hydrogens is 612 g/mol. The first-order valence-electron chi connectivity index (χ1n) is 21.4. The molecule has 0 fully saturated rings. The average Bonchev–Trinajstić information content (AvgIpc) is 3.08. The Bertz CT molecular complexity index is 736. The van der Waals surface area contributed by atoms with E-state index >= 15 is 0 Å². The number of hydrogen-bond donors (Lipinski definition) is 0. The fraction of sp³-hybridized carbons (Fsp3) is 0.930. The normalized spacial score (nSPS) is 11.9. The second-order valence-corrected chi connectivity index (χ2v) is 15.1. The molecule has 290 valence electrons. The molecule has 0 radical (unpaired) electrons. The summed E-state index contributed by atoms with van der Waals surface area (Å²) in [6, 6.07) is 0. The van der Waals surface area contributed by atoms with Crippen molar-refractivity contribution in [2.24, 2.45) is 5.92 Å². The van der Waals surface area contributed by atoms with Crippen LogP contribution in [0.1, 0.15) is 233 Å². The van der Waals surface area contributed by atoms with E-state index in [0.29, 0.717) is 19.3 Å². The van der Waals surface area contributed by atoms with Gasteiger partial charge in [-0.25, -0.2) is 0 Å². The summed E-state index contributed by atoms with van der Waals surface area (Å²) < 4.78 is 16.6. The minimum Gasteiger partial charge on any atom is -0.462 e. The molecule has 0 rings (SSSR count). The van der Waals surface area contributed by atoms with E-state index in [1.54, 1.807) is 0 Å². The van der Waals surface area contributed by atoms with Gasteiger partial charge in [-0.05, 0) is 25.2 Å². The van der Waals surface area contributed by atoms with Gasteiger partial charge >= 0.3 is 17.9 Å². The first-order valence-corrected chi connectivity index (χ1v) is 21.4. The molecule has 0 spiro atoms. The van der Waals surface area contributed by atoms with Crippen molar-refractivity contribution in [1.29, 1.82) is 0 Å². The predicted molar refractivity (Wildman–Crippen MR) is 206 cm³/mol. The highest BCUT2D eigenvalue weighted by atomic mass is 16.6. The van der Waals surface area contributed by atoms with E-state index in [0.717, 1.165) is 63.7 Å². The van der Waals surface area contributed by atoms with Gasteiger partial charge in [0.05, 0.1) is 0 Å². The Morgan fingerprint density at radius 1 is 0.388 bits per heavy atom. The van der Waals surface area contributed by atoms with E-state index in [4.69, 9.17) is 14.2 Å². The lowest BCUT2D eigenvalue weighted by Gasteiger charge is -2.18. The Hall–Kier alpha value is -1.59. The van der Waals surface area contributed by atoms with Gasteiger partial charge in [-0.2, -0.15) is 0 Å². The Kier molecular flexibility index (Phi) is 36.4. The van der Waals surface area contributed by atoms with Crippen LogP contribution in [0.4, 0.5) is 0 Å². The number of hydrogen-bond acceptors (Lipinski definition) is 6. The van der Waals surface area contributed by atoms with Crippen LogP contribution in [-0.4, -0.2) is 37.2 Å². The second-order valence-electron chi connectivity index (χ2n) is 15.1. The third-order valence-corrected chi connectivity index (χ3v) is 9.54. The van der Waals surface area contributed by atoms with E-state index in [9.17, 15) is 14.4 Å². The van der Waals surface area contributed by atoms with Crippen LogP contribution < -0.4 is 0 Å². The van der Waals surface area contributed by atoms with Crippen molar-refractivity contribution < 1.29 is 28.6 Å². The van der Waals surface area contributed by atoms with Crippen LogP contribution in [0.3, 0.4) is 0 Å². The Labute approximate surface area is 304 Å². The zero-order chi connectivity index (χ0) is 36.0. The highest BCUT2D eigenvalue weighted by Gasteiger charge is 2.19. The van der Waals surface area contributed by atoms with Crippen LogP contribution in [-0.2, 0) is 28.6 Å². The maximum Gasteiger partial charge on any atom is 0.306 e. The fourth-order valence-electron chi connectivity index (χ4n) is 6.27. The van der Waals surface area contributed by atoms with Crippen LogP contribution in [0.2, 0.25) is 0 Å². The Morgan fingerprint density at radius 3 is 1.00 bits per heavy atom. The van der Waals surface area contributed by atoms with E-state index < -0.39 is 6.10 Å². The molecule has 0 amide bonds. The predicted octanol–water partition coefficient (Wildman–Crippen LogP) is 13.2. The molecule has 0 heterocycles. The summed E-state index contributed by atoms with van der Waals surface area (Å²) in [5.74, 6) is -0.0857. The Balaban J connectivity index is 4.25. The summed E-state index contributed by atoms with van der Waals surface area (Å²) in [4.78, 5) is 37.4. The average molecular weight is 695 g/mol. The zero-order valence-corrected chi connectivity index (χ0v) is 33.1. The van der Waals surface area contributed by atoms with Crippen LogP contribution in [0.25, 0.3) is 0 Å². The van der Waals surface area contributed by atoms with Crippen LogP contribution in [0.15, 0.2) is 0 Å². The molecule has 0 aliphatic rings. The van der Waals surface area contributed by atoms with Crippen LogP contribution >= 0.6 is 0 Å². The van der Waals surface area contributed by atoms with Gasteiger partial charge in [-0.3, -0.25) is 14.4 Å². The molecule has 6 heteroatoms. The van der Waals surface area contributed by atoms with Gasteiger partial charge in [-0.15, -0.1) is 0 Å². The number of carbonyl (C=O) groups excluding carboxylic acids is 3. The topological polar surface area (TPSA) is 78.9 Å². The molecule has 0 saturated heterocycles. The fourth-order valence-corrected chi connectivity index (χ4v) is 6.27. The number of ether oxygens (including phenoxy) is 3. The van der Waals surface area contributed by atoms with E-state index in [1.165, 1.54) is 128 Å². The molecule has 0 saturated carbocycles. The molecular formula is C43H82O6. The molecule has 0 aromatic rings. The quantitative estimate of drug-likeness (QED) is 0.0364. The van der Waals surface area contributed by atoms with Gasteiger partial charge in [0.1, 0.15) is 13.2 Å². The van der Waals surface area contributed by atoms with Crippen molar-refractivity contribution in [2.45, 2.75) is 239 Å². The van der Waals surface area contributed by atoms with Gasteiger partial charge in [0.2, 0.25) is 0 Å². The second kappa shape index (κ2) is 37.7. The summed E-state index contributed by atoms with van der Waals surface area (Å²) in [5.41, 5.74) is 0. The summed E-state index contributed by atoms with van der Waals surface area (Å²) in [6.07, 6.45) is 35.3. The largest absolute Gasteiger partial charge is 0.462 e. The van der Waals surface area contributed by atoms with Crippen molar-refractivity contribution >= 4 is 17.9 Å². The van der Waals surface area contributed by atoms with Gasteiger partial charge in [0.15, 0.2) is 6.10 Å². The van der Waals surface area contributed by atoms with Gasteiger partial charge in [0.25, 0.3) is 0 Å². The summed E-state index contributed by atoms with van der Waals surface area (Å²) in [5, 5.41) is 0. The standard InChI is InChI=1S/C43H82O6/c1-5-7-9-11-13-14-15-16-17-18-19-23-26-30-34-41(44)47-37-40(49-43(46)36-32-28-21-12-10-8-6-2)38-48-42(45)35-31-27-24-20-22-25-29-33-39(3)4/h39-40H,5-38H2,1-4H3/t40-/m0/s1. The highest BCUT2D eigenvalue weighted by molar-refractivity contribution is 5.71. The van der Waals surface area contributed by atoms with Crippen molar-refractivity contribution in [1.82, 2.24) is 0 Å². The minimum atomic E-state index is -0.757. The summed E-state index contributed by atoms with van der Waals surface area (Å²) in [7, 11) is 0. The molecule has 0 aliphatic heterocycles. The molecule has 0 aromatic carbocycles. The molecule has 0 bridgehead atoms. The smallest absolute Gasteiger partial charge is 0.306 e. The van der Waals surface area contributed by atoms with Gasteiger partial charge in [0, 0.05) is 19.3 Å². The number of carbonyl (C=O) groups is 3. The summed E-state index contributed by atoms with van der Waals surface area (Å²) >= 11 is 0. The van der Waals surface area contributed by atoms with Gasteiger partial charge in [-0.1, -0.05) is 195 Å². The first kappa shape index (κ1) is 47.4. The maximum atomic E-state index is 12.6. The Morgan fingerprint density at radius 2 is 0.673 bits per heavy atom. The molecule has 0 aliphatic carbocycles. The van der Waals surface area contributed by atoms with Crippen LogP contribution in [0.5, 0.6) is 0 Å². The van der Waals surface area contributed by atoms with E-state index in [2.05, 4.69) is 27.7 Å². The maximum absolute atomic E-state index is 12.6. The SMILES string of the molecule is CCCCCCCCCCCCCCCCC(=O)OC[C@@H](COC(=O)CCCCCCCCCC(C)C)OC(=O)CCCCCCCCC. The monoisotopic (exact) mass is 695 g/mol. The molecule has 6 nitrogen and oxygen atoms in total. The van der Waals surface area contributed by atoms with E-state index in [1.807, 2.05) is 0 Å². The molecule has 0 N–H and O–H groups in total. The molecule has 0 unspecified atom stereocenters. The lowest BCUT2D eigenvalue weighted by Crippen LogP contribution is -2.30. The van der Waals surface area contributed by atoms with Gasteiger partial charge < -0.3 is 14.2 Å². The number of esters is 3. The van der Waals surface area contributed by atoms with E-state index in [-0.39, 0.29) is 31.1 Å². The minimum absolute atomic E-state index is 0.0652. The molecule has 0 aromatic heterocycles. The first-order chi connectivity index (χ1) is 23.9. The highest BCUT2D eigenvalue weighted by Crippen LogP contribution is 2.15. The lowest BCUT2D eigenvalue weighted by atomic mass is 10.0. The van der Waals surface area contributed by atoms with Crippen molar-refractivity contribution in [2.75, 3.05) is 13.2 Å². The lowest BCUT2D eigenvalue weighted by molar-refractivity contribution is -0.167. The third kappa shape index (κ3) is 37.5.